The predicted molar refractivity (Wildman–Crippen MR) is 105 cm³/mol. The third-order valence-electron chi connectivity index (χ3n) is 4.52. The highest BCUT2D eigenvalue weighted by atomic mass is 19.1. The molecule has 4 nitrogen and oxygen atoms in total. The highest BCUT2D eigenvalue weighted by molar-refractivity contribution is 6.04. The standard InChI is InChI=1S/C22H21FN2O2/c1-14-4-5-15(2)18(10-14)13-25-12-17(7-9-21(25)26)22(27)24-19-8-6-16(3)20(23)11-19/h4-12H,13H2,1-3H3,(H,24,27). The minimum atomic E-state index is -0.395. The van der Waals surface area contributed by atoms with Crippen molar-refractivity contribution in [3.05, 3.63) is 98.7 Å². The number of hydrogen-bond acceptors (Lipinski definition) is 2. The van der Waals surface area contributed by atoms with Crippen LogP contribution in [0.3, 0.4) is 0 Å². The summed E-state index contributed by atoms with van der Waals surface area (Å²) < 4.78 is 15.2. The Bertz CT molecular complexity index is 1070. The van der Waals surface area contributed by atoms with Gasteiger partial charge >= 0.3 is 0 Å². The van der Waals surface area contributed by atoms with Gasteiger partial charge in [0.25, 0.3) is 11.5 Å². The Morgan fingerprint density at radius 3 is 2.48 bits per heavy atom. The average molecular weight is 364 g/mol. The number of nitrogens with one attached hydrogen (secondary N) is 1. The SMILES string of the molecule is Cc1ccc(C)c(Cn2cc(C(=O)Nc3ccc(C)c(F)c3)ccc2=O)c1. The lowest BCUT2D eigenvalue weighted by molar-refractivity contribution is 0.102. The molecule has 0 aliphatic rings. The van der Waals surface area contributed by atoms with E-state index in [9.17, 15) is 14.0 Å². The minimum Gasteiger partial charge on any atom is -0.322 e. The zero-order valence-corrected chi connectivity index (χ0v) is 15.5. The van der Waals surface area contributed by atoms with Crippen molar-refractivity contribution in [2.24, 2.45) is 0 Å². The third-order valence-corrected chi connectivity index (χ3v) is 4.52. The maximum atomic E-state index is 13.7. The van der Waals surface area contributed by atoms with Crippen LogP contribution < -0.4 is 10.9 Å². The van der Waals surface area contributed by atoms with Crippen LogP contribution in [0.5, 0.6) is 0 Å². The molecule has 1 amide bonds. The molecule has 27 heavy (non-hydrogen) atoms. The fourth-order valence-corrected chi connectivity index (χ4v) is 2.82. The molecule has 2 aromatic carbocycles. The van der Waals surface area contributed by atoms with Crippen LogP contribution in [0.15, 0.2) is 59.5 Å². The summed E-state index contributed by atoms with van der Waals surface area (Å²) in [5.74, 6) is -0.777. The number of pyridine rings is 1. The fourth-order valence-electron chi connectivity index (χ4n) is 2.82. The van der Waals surface area contributed by atoms with Crippen LogP contribution in [0.2, 0.25) is 0 Å². The lowest BCUT2D eigenvalue weighted by Gasteiger charge is -2.12. The van der Waals surface area contributed by atoms with Crippen molar-refractivity contribution in [3.63, 3.8) is 0 Å². The first-order valence-electron chi connectivity index (χ1n) is 8.67. The lowest BCUT2D eigenvalue weighted by Crippen LogP contribution is -2.23. The molecule has 0 saturated carbocycles. The molecule has 3 rings (SSSR count). The molecule has 0 radical (unpaired) electrons. The van der Waals surface area contributed by atoms with Gasteiger partial charge in [0.2, 0.25) is 0 Å². The molecular weight excluding hydrogens is 343 g/mol. The molecule has 0 spiro atoms. The zero-order valence-electron chi connectivity index (χ0n) is 15.5. The molecule has 5 heteroatoms. The molecule has 1 N–H and O–H groups in total. The zero-order chi connectivity index (χ0) is 19.6. The molecule has 0 aliphatic heterocycles. The third kappa shape index (κ3) is 4.31. The summed E-state index contributed by atoms with van der Waals surface area (Å²) in [6, 6.07) is 13.4. The topological polar surface area (TPSA) is 51.1 Å². The van der Waals surface area contributed by atoms with Crippen LogP contribution in [-0.4, -0.2) is 10.5 Å². The van der Waals surface area contributed by atoms with Gasteiger partial charge in [-0.2, -0.15) is 0 Å². The van der Waals surface area contributed by atoms with Gasteiger partial charge in [-0.05, 0) is 55.7 Å². The van der Waals surface area contributed by atoms with Crippen LogP contribution in [-0.2, 0) is 6.54 Å². The van der Waals surface area contributed by atoms with E-state index in [0.717, 1.165) is 16.7 Å². The number of amides is 1. The largest absolute Gasteiger partial charge is 0.322 e. The van der Waals surface area contributed by atoms with E-state index in [2.05, 4.69) is 5.32 Å². The number of aryl methyl sites for hydroxylation is 3. The molecule has 0 saturated heterocycles. The summed E-state index contributed by atoms with van der Waals surface area (Å²) in [6.45, 7) is 6.02. The second-order valence-corrected chi connectivity index (χ2v) is 6.73. The van der Waals surface area contributed by atoms with Crippen molar-refractivity contribution in [1.29, 1.82) is 0 Å². The number of carbonyl (C=O) groups excluding carboxylic acids is 1. The Morgan fingerprint density at radius 1 is 1.00 bits per heavy atom. The molecule has 138 valence electrons. The number of hydrogen-bond donors (Lipinski definition) is 1. The van der Waals surface area contributed by atoms with Gasteiger partial charge in [0, 0.05) is 18.0 Å². The van der Waals surface area contributed by atoms with E-state index in [0.29, 0.717) is 23.4 Å². The molecule has 0 bridgehead atoms. The first kappa shape index (κ1) is 18.6. The van der Waals surface area contributed by atoms with Crippen LogP contribution >= 0.6 is 0 Å². The molecule has 0 fully saturated rings. The van der Waals surface area contributed by atoms with Crippen LogP contribution in [0.25, 0.3) is 0 Å². The van der Waals surface area contributed by atoms with E-state index in [-0.39, 0.29) is 11.4 Å². The number of carbonyl (C=O) groups is 1. The van der Waals surface area contributed by atoms with Crippen molar-refractivity contribution < 1.29 is 9.18 Å². The Morgan fingerprint density at radius 2 is 1.74 bits per heavy atom. The fraction of sp³-hybridized carbons (Fsp3) is 0.182. The number of halogens is 1. The maximum absolute atomic E-state index is 13.7. The van der Waals surface area contributed by atoms with E-state index in [1.54, 1.807) is 19.1 Å². The van der Waals surface area contributed by atoms with E-state index < -0.39 is 5.91 Å². The average Bonchev–Trinajstić information content (AvgIpc) is 2.63. The van der Waals surface area contributed by atoms with E-state index in [4.69, 9.17) is 0 Å². The van der Waals surface area contributed by atoms with Crippen molar-refractivity contribution in [1.82, 2.24) is 4.57 Å². The summed E-state index contributed by atoms with van der Waals surface area (Å²) in [7, 11) is 0. The molecule has 3 aromatic rings. The summed E-state index contributed by atoms with van der Waals surface area (Å²) in [6.07, 6.45) is 1.53. The minimum absolute atomic E-state index is 0.186. The Hall–Kier alpha value is -3.21. The van der Waals surface area contributed by atoms with Crippen LogP contribution in [0, 0.1) is 26.6 Å². The molecule has 1 aromatic heterocycles. The second kappa shape index (κ2) is 7.58. The number of nitrogens with zero attached hydrogens (tertiary/aromatic N) is 1. The monoisotopic (exact) mass is 364 g/mol. The van der Waals surface area contributed by atoms with Crippen molar-refractivity contribution in [2.75, 3.05) is 5.32 Å². The van der Waals surface area contributed by atoms with Crippen molar-refractivity contribution in [2.45, 2.75) is 27.3 Å². The quantitative estimate of drug-likeness (QED) is 0.754. The smallest absolute Gasteiger partial charge is 0.257 e. The predicted octanol–water partition coefficient (Wildman–Crippen LogP) is 4.21. The van der Waals surface area contributed by atoms with Gasteiger partial charge in [0.15, 0.2) is 0 Å². The van der Waals surface area contributed by atoms with Gasteiger partial charge in [0.1, 0.15) is 5.82 Å². The van der Waals surface area contributed by atoms with E-state index in [1.807, 2.05) is 32.0 Å². The highest BCUT2D eigenvalue weighted by Gasteiger charge is 2.10. The van der Waals surface area contributed by atoms with Gasteiger partial charge < -0.3 is 9.88 Å². The van der Waals surface area contributed by atoms with Crippen molar-refractivity contribution >= 4 is 11.6 Å². The van der Waals surface area contributed by atoms with Gasteiger partial charge in [-0.25, -0.2) is 4.39 Å². The molecule has 0 atom stereocenters. The summed E-state index contributed by atoms with van der Waals surface area (Å²) in [5.41, 5.74) is 4.24. The van der Waals surface area contributed by atoms with Crippen LogP contribution in [0.1, 0.15) is 32.6 Å². The first-order chi connectivity index (χ1) is 12.8. The van der Waals surface area contributed by atoms with Gasteiger partial charge in [-0.3, -0.25) is 9.59 Å². The normalized spacial score (nSPS) is 10.7. The number of benzene rings is 2. The van der Waals surface area contributed by atoms with Crippen LogP contribution in [0.4, 0.5) is 10.1 Å². The number of aromatic nitrogens is 1. The highest BCUT2D eigenvalue weighted by Crippen LogP contribution is 2.15. The Balaban J connectivity index is 1.86. The van der Waals surface area contributed by atoms with Gasteiger partial charge in [-0.1, -0.05) is 29.8 Å². The molecule has 0 unspecified atom stereocenters. The maximum Gasteiger partial charge on any atom is 0.257 e. The number of rotatable bonds is 4. The number of anilines is 1. The summed E-state index contributed by atoms with van der Waals surface area (Å²) in [4.78, 5) is 24.7. The van der Waals surface area contributed by atoms with Crippen molar-refractivity contribution in [3.8, 4) is 0 Å². The first-order valence-corrected chi connectivity index (χ1v) is 8.67. The lowest BCUT2D eigenvalue weighted by atomic mass is 10.1. The van der Waals surface area contributed by atoms with E-state index in [1.165, 1.54) is 29.0 Å². The summed E-state index contributed by atoms with van der Waals surface area (Å²) in [5, 5.41) is 2.66. The second-order valence-electron chi connectivity index (χ2n) is 6.73. The molecule has 1 heterocycles. The van der Waals surface area contributed by atoms with Gasteiger partial charge in [-0.15, -0.1) is 0 Å². The molecular formula is C22H21FN2O2. The Labute approximate surface area is 157 Å². The molecule has 0 aliphatic carbocycles. The summed E-state index contributed by atoms with van der Waals surface area (Å²) >= 11 is 0. The van der Waals surface area contributed by atoms with E-state index >= 15 is 0 Å². The van der Waals surface area contributed by atoms with Gasteiger partial charge in [0.05, 0.1) is 12.1 Å². The Kier molecular flexibility index (Phi) is 5.21.